The van der Waals surface area contributed by atoms with E-state index in [1.54, 1.807) is 22.8 Å². The van der Waals surface area contributed by atoms with E-state index in [-0.39, 0.29) is 27.9 Å². The first-order valence-corrected chi connectivity index (χ1v) is 24.7. The van der Waals surface area contributed by atoms with Crippen LogP contribution in [0.4, 0.5) is 0 Å². The number of nitrogens with zero attached hydrogens (tertiary/aromatic N) is 4. The molecule has 12 rings (SSSR count). The maximum absolute atomic E-state index is 9.03. The van der Waals surface area contributed by atoms with Gasteiger partial charge < -0.3 is 4.74 Å². The Kier molecular flexibility index (Phi) is 7.12. The molecule has 2 aliphatic rings. The fourth-order valence-electron chi connectivity index (χ4n) is 10.5. The first-order chi connectivity index (χ1) is 35.3. The van der Waals surface area contributed by atoms with Crippen LogP contribution in [0, 0.1) is 6.33 Å². The molecule has 2 saturated heterocycles. The summed E-state index contributed by atoms with van der Waals surface area (Å²) in [7, 11) is -1.06. The molecule has 2 aliphatic heterocycles. The minimum absolute atomic E-state index is 0.120. The maximum Gasteiger partial charge on any atom is 0.269 e. The number of para-hydroxylation sites is 4. The van der Waals surface area contributed by atoms with E-state index in [1.807, 2.05) is 65.4 Å². The monoisotopic (exact) mass is 842 g/mol. The van der Waals surface area contributed by atoms with E-state index in [9.17, 15) is 0 Å². The summed E-state index contributed by atoms with van der Waals surface area (Å²) in [5.74, 6) is 2.59. The zero-order valence-corrected chi connectivity index (χ0v) is 35.6. The van der Waals surface area contributed by atoms with Crippen LogP contribution < -0.4 is 9.30 Å². The summed E-state index contributed by atoms with van der Waals surface area (Å²) in [6.07, 6.45) is 10.8. The summed E-state index contributed by atoms with van der Waals surface area (Å²) in [5.41, 5.74) is 5.58. The Hall–Kier alpha value is -7.02. The number of hydrogen-bond acceptors (Lipinski definition) is 2. The lowest BCUT2D eigenvalue weighted by molar-refractivity contribution is -0.571. The van der Waals surface area contributed by atoms with Gasteiger partial charge in [-0.25, -0.2) is 4.98 Å². The number of hydrogen-bond donors (Lipinski definition) is 0. The molecular weight excluding hydrogens is 785 g/mol. The third-order valence-corrected chi connectivity index (χ3v) is 19.0. The Morgan fingerprint density at radius 2 is 1.29 bits per heavy atom. The summed E-state index contributed by atoms with van der Waals surface area (Å²) in [6.45, 7) is 0. The van der Waals surface area contributed by atoms with E-state index in [1.165, 1.54) is 55.4 Å². The van der Waals surface area contributed by atoms with Gasteiger partial charge in [-0.15, -0.1) is 0 Å². The van der Waals surface area contributed by atoms with E-state index < -0.39 is 68.5 Å². The topological polar surface area (TPSA) is 35.9 Å². The summed E-state index contributed by atoms with van der Waals surface area (Å²) in [6, 6.07) is 39.6. The Morgan fingerprint density at radius 3 is 2.05 bits per heavy atom. The predicted molar refractivity (Wildman–Crippen MR) is 259 cm³/mol. The van der Waals surface area contributed by atoms with Crippen molar-refractivity contribution in [2.45, 2.75) is 55.8 Å². The molecule has 10 aromatic rings. The summed E-state index contributed by atoms with van der Waals surface area (Å²) in [4.78, 5) is 4.98. The van der Waals surface area contributed by atoms with Gasteiger partial charge in [-0.05, 0) is 95.1 Å². The van der Waals surface area contributed by atoms with Crippen molar-refractivity contribution >= 4 is 40.9 Å². The predicted octanol–water partition coefficient (Wildman–Crippen LogP) is 14.4. The number of aromatic nitrogens is 4. The lowest BCUT2D eigenvalue weighted by Gasteiger charge is -2.35. The number of fused-ring (bicyclic) bond motifs is 4. The van der Waals surface area contributed by atoms with Crippen LogP contribution in [0.2, 0.25) is 24.2 Å². The van der Waals surface area contributed by atoms with Crippen LogP contribution in [-0.2, 0) is 0 Å². The number of ether oxygens (including phenoxy) is 1. The molecule has 306 valence electrons. The number of imidazole rings is 1. The molecule has 0 saturated carbocycles. The van der Waals surface area contributed by atoms with Crippen molar-refractivity contribution in [3.63, 3.8) is 0 Å². The third-order valence-electron chi connectivity index (χ3n) is 13.5. The van der Waals surface area contributed by atoms with Crippen molar-refractivity contribution in [2.75, 3.05) is 0 Å². The van der Waals surface area contributed by atoms with Crippen LogP contribution in [0.1, 0.15) is 50.9 Å². The Morgan fingerprint density at radius 1 is 0.619 bits per heavy atom. The van der Waals surface area contributed by atoms with Gasteiger partial charge in [-0.2, -0.15) is 0 Å². The van der Waals surface area contributed by atoms with Crippen LogP contribution in [0.25, 0.3) is 72.3 Å². The standard InChI is InChI=1S/C57H48N4OSi/c1-3-15-42(16-4-1)48-22-14-23-49(43-17-5-2-6-18-43)57(48)60-40-59(53-25-9-10-26-54(53)60)45-19-13-20-46(38-45)62-47-27-28-51-50-21-7-8-24-52(50)61(55(51)39-47)56-37-44(29-32-58-56)41-30-35-63(36-31-41)33-11-12-34-63/h1-10,13-29,32,37-39,41H,11-12,30-31,33-36H2/i1D,2D,3D,4D,5D,6D,15D,16D,17D,18D. The average Bonchev–Trinajstić information content (AvgIpc) is 4.13. The first-order valence-electron chi connectivity index (χ1n) is 26.8. The third kappa shape index (κ3) is 6.77. The van der Waals surface area contributed by atoms with Crippen molar-refractivity contribution in [2.24, 2.45) is 0 Å². The molecule has 0 aliphatic carbocycles. The SMILES string of the molecule is [2H]c1c([2H])c([2H])c(-c2cccc(-c3c([2H])c([2H])c([2H])c([2H])c3[2H])c2-[n+]2[c-]n(-c3cccc(Oc4ccc5c6ccccc6n(-c6cc(C7CC[Si]8(CCCC8)CC7)ccn6)c5c4)c3)c3ccccc32)c([2H])c1[2H]. The second kappa shape index (κ2) is 15.7. The smallest absolute Gasteiger partial charge is 0.269 e. The summed E-state index contributed by atoms with van der Waals surface area (Å²) in [5, 5.41) is 2.21. The van der Waals surface area contributed by atoms with Gasteiger partial charge in [0.25, 0.3) is 6.33 Å². The van der Waals surface area contributed by atoms with E-state index in [0.29, 0.717) is 34.1 Å². The van der Waals surface area contributed by atoms with Gasteiger partial charge in [-0.1, -0.05) is 164 Å². The van der Waals surface area contributed by atoms with Crippen LogP contribution in [0.15, 0.2) is 188 Å². The highest BCUT2D eigenvalue weighted by Gasteiger charge is 2.39. The van der Waals surface area contributed by atoms with E-state index >= 15 is 0 Å². The molecule has 5 heterocycles. The second-order valence-electron chi connectivity index (χ2n) is 17.0. The zero-order valence-electron chi connectivity index (χ0n) is 44.6. The summed E-state index contributed by atoms with van der Waals surface area (Å²) >= 11 is 0. The van der Waals surface area contributed by atoms with E-state index in [4.69, 9.17) is 23.4 Å². The van der Waals surface area contributed by atoms with Gasteiger partial charge in [0, 0.05) is 23.0 Å². The highest BCUT2D eigenvalue weighted by molar-refractivity contribution is 6.80. The molecule has 6 heteroatoms. The first kappa shape index (κ1) is 28.6. The van der Waals surface area contributed by atoms with Crippen LogP contribution in [-0.4, -0.2) is 22.2 Å². The molecule has 0 radical (unpaired) electrons. The molecule has 63 heavy (non-hydrogen) atoms. The Labute approximate surface area is 383 Å². The fourth-order valence-corrected chi connectivity index (χ4v) is 15.9. The molecule has 0 bridgehead atoms. The molecule has 0 N–H and O–H groups in total. The summed E-state index contributed by atoms with van der Waals surface area (Å²) < 4.78 is 99.6. The average molecular weight is 843 g/mol. The molecule has 2 fully saturated rings. The number of benzene rings is 7. The largest absolute Gasteiger partial charge is 0.458 e. The van der Waals surface area contributed by atoms with Gasteiger partial charge in [0.2, 0.25) is 0 Å². The van der Waals surface area contributed by atoms with Gasteiger partial charge in [0.15, 0.2) is 0 Å². The van der Waals surface area contributed by atoms with Crippen molar-refractivity contribution in [1.29, 1.82) is 0 Å². The lowest BCUT2D eigenvalue weighted by Crippen LogP contribution is -2.34. The van der Waals surface area contributed by atoms with Crippen LogP contribution in [0.3, 0.4) is 0 Å². The quantitative estimate of drug-likeness (QED) is 0.0868. The second-order valence-corrected chi connectivity index (χ2v) is 22.0. The molecule has 1 spiro atoms. The van der Waals surface area contributed by atoms with Crippen LogP contribution in [0.5, 0.6) is 11.5 Å². The van der Waals surface area contributed by atoms with E-state index in [2.05, 4.69) is 59.4 Å². The van der Waals surface area contributed by atoms with E-state index in [0.717, 1.165) is 27.6 Å². The molecule has 5 nitrogen and oxygen atoms in total. The number of rotatable bonds is 8. The van der Waals surface area contributed by atoms with Gasteiger partial charge in [0.05, 0.1) is 55.2 Å². The number of pyridine rings is 1. The molecule has 0 unspecified atom stereocenters. The zero-order chi connectivity index (χ0) is 50.4. The highest BCUT2D eigenvalue weighted by Crippen LogP contribution is 2.47. The fraction of sp³-hybridized carbons (Fsp3) is 0.158. The van der Waals surface area contributed by atoms with Gasteiger partial charge in [0.1, 0.15) is 17.3 Å². The Balaban J connectivity index is 0.966. The van der Waals surface area contributed by atoms with Crippen molar-refractivity contribution in [3.05, 3.63) is 200 Å². The minimum atomic E-state index is -1.06. The normalized spacial score (nSPS) is 17.4. The highest BCUT2D eigenvalue weighted by atomic mass is 28.3. The molecule has 7 aromatic carbocycles. The molecule has 0 atom stereocenters. The molecular formula is C57H48N4OSi. The van der Waals surface area contributed by atoms with Crippen molar-refractivity contribution in [1.82, 2.24) is 14.1 Å². The Bertz CT molecular complexity index is 3750. The maximum atomic E-state index is 9.03. The van der Waals surface area contributed by atoms with Crippen molar-refractivity contribution < 1.29 is 23.0 Å². The van der Waals surface area contributed by atoms with Crippen LogP contribution >= 0.6 is 0 Å². The molecule has 3 aromatic heterocycles. The van der Waals surface area contributed by atoms with Gasteiger partial charge >= 0.3 is 0 Å². The lowest BCUT2D eigenvalue weighted by atomic mass is 9.94. The molecule has 0 amide bonds. The van der Waals surface area contributed by atoms with Crippen molar-refractivity contribution in [3.8, 4) is 50.9 Å². The van der Waals surface area contributed by atoms with Gasteiger partial charge in [-0.3, -0.25) is 13.7 Å². The minimum Gasteiger partial charge on any atom is -0.458 e.